The monoisotopic (exact) mass is 426 g/mol. The summed E-state index contributed by atoms with van der Waals surface area (Å²) in [6.45, 7) is 2.20. The van der Waals surface area contributed by atoms with Crippen LogP contribution < -0.4 is 10.4 Å². The van der Waals surface area contributed by atoms with Crippen molar-refractivity contribution >= 4 is 11.0 Å². The molecule has 3 rings (SSSR count). The van der Waals surface area contributed by atoms with Crippen LogP contribution in [0.2, 0.25) is 0 Å². The highest BCUT2D eigenvalue weighted by molar-refractivity contribution is 5.82. The molecule has 1 aliphatic rings. The van der Waals surface area contributed by atoms with Gasteiger partial charge in [0.2, 0.25) is 6.29 Å². The predicted octanol–water partition coefficient (Wildman–Crippen LogP) is -1.35. The van der Waals surface area contributed by atoms with E-state index in [0.717, 1.165) is 0 Å². The van der Waals surface area contributed by atoms with Crippen LogP contribution in [-0.4, -0.2) is 79.7 Å². The van der Waals surface area contributed by atoms with Gasteiger partial charge in [0, 0.05) is 23.4 Å². The van der Waals surface area contributed by atoms with Crippen LogP contribution in [0.3, 0.4) is 0 Å². The minimum atomic E-state index is -1.65. The molecule has 2 aromatic rings. The molecule has 1 aromatic heterocycles. The molecule has 0 radical (unpaired) electrons. The van der Waals surface area contributed by atoms with E-state index < -0.39 is 54.6 Å². The Morgan fingerprint density at radius 3 is 2.40 bits per heavy atom. The molecule has 1 aliphatic heterocycles. The second kappa shape index (κ2) is 8.60. The van der Waals surface area contributed by atoms with Crippen LogP contribution in [0.1, 0.15) is 19.4 Å². The summed E-state index contributed by atoms with van der Waals surface area (Å²) in [6.07, 6.45) is -8.89. The molecule has 6 atom stereocenters. The highest BCUT2D eigenvalue weighted by atomic mass is 16.7. The van der Waals surface area contributed by atoms with E-state index in [2.05, 4.69) is 0 Å². The molecule has 10 nitrogen and oxygen atoms in total. The zero-order valence-electron chi connectivity index (χ0n) is 16.5. The molecular weight excluding hydrogens is 400 g/mol. The largest absolute Gasteiger partial charge is 0.462 e. The Hall–Kier alpha value is -2.05. The topological polar surface area (TPSA) is 170 Å². The maximum Gasteiger partial charge on any atom is 0.336 e. The molecule has 1 aromatic carbocycles. The number of aliphatic hydroxyl groups is 6. The molecule has 2 heterocycles. The van der Waals surface area contributed by atoms with Crippen molar-refractivity contribution < 1.29 is 44.5 Å². The normalized spacial score (nSPS) is 28.5. The molecule has 0 bridgehead atoms. The Kier molecular flexibility index (Phi) is 6.48. The summed E-state index contributed by atoms with van der Waals surface area (Å²) in [5, 5.41) is 60.5. The summed E-state index contributed by atoms with van der Waals surface area (Å²) in [4.78, 5) is 11.8. The third-order valence-corrected chi connectivity index (χ3v) is 5.15. The maximum absolute atomic E-state index is 11.8. The van der Waals surface area contributed by atoms with Crippen LogP contribution in [0.4, 0.5) is 0 Å². The van der Waals surface area contributed by atoms with E-state index >= 15 is 0 Å². The van der Waals surface area contributed by atoms with Crippen LogP contribution in [0.15, 0.2) is 33.5 Å². The van der Waals surface area contributed by atoms with E-state index in [9.17, 15) is 35.4 Å². The molecule has 166 valence electrons. The van der Waals surface area contributed by atoms with Gasteiger partial charge in [0.1, 0.15) is 35.7 Å². The zero-order chi connectivity index (χ0) is 22.2. The standard InChI is InChI=1S/C20H26O10/c1-20(2,27)13(22)7-10-11(5-3-9-4-6-14(23)30-18(9)10)28-19-17(26)16(25)15(24)12(8-21)29-19/h3-6,12-13,15-17,19,21-22,24-27H,7-8H2,1-2H3/t12-,13+,15-,16+,17-,19-/m1/s1. The highest BCUT2D eigenvalue weighted by Gasteiger charge is 2.45. The van der Waals surface area contributed by atoms with E-state index in [1.54, 1.807) is 6.07 Å². The summed E-state index contributed by atoms with van der Waals surface area (Å²) in [7, 11) is 0. The first-order valence-corrected chi connectivity index (χ1v) is 9.46. The number of benzene rings is 1. The Balaban J connectivity index is 2.02. The number of ether oxygens (including phenoxy) is 2. The second-order valence-electron chi connectivity index (χ2n) is 7.90. The van der Waals surface area contributed by atoms with E-state index in [1.807, 2.05) is 0 Å². The first-order valence-electron chi connectivity index (χ1n) is 9.46. The Morgan fingerprint density at radius 1 is 1.10 bits per heavy atom. The fraction of sp³-hybridized carbons (Fsp3) is 0.550. The molecule has 0 saturated carbocycles. The molecule has 6 N–H and O–H groups in total. The fourth-order valence-corrected chi connectivity index (χ4v) is 3.21. The van der Waals surface area contributed by atoms with Gasteiger partial charge in [0.25, 0.3) is 0 Å². The number of hydrogen-bond donors (Lipinski definition) is 6. The van der Waals surface area contributed by atoms with Crippen molar-refractivity contribution in [1.29, 1.82) is 0 Å². The molecule has 10 heteroatoms. The lowest BCUT2D eigenvalue weighted by Crippen LogP contribution is -2.60. The van der Waals surface area contributed by atoms with Crippen molar-refractivity contribution in [2.24, 2.45) is 0 Å². The van der Waals surface area contributed by atoms with Crippen LogP contribution in [0, 0.1) is 0 Å². The fourth-order valence-electron chi connectivity index (χ4n) is 3.21. The molecule has 30 heavy (non-hydrogen) atoms. The van der Waals surface area contributed by atoms with Crippen molar-refractivity contribution in [2.75, 3.05) is 6.61 Å². The molecule has 0 spiro atoms. The van der Waals surface area contributed by atoms with Gasteiger partial charge in [-0.1, -0.05) is 0 Å². The maximum atomic E-state index is 11.8. The zero-order valence-corrected chi connectivity index (χ0v) is 16.5. The second-order valence-corrected chi connectivity index (χ2v) is 7.90. The summed E-state index contributed by atoms with van der Waals surface area (Å²) in [6, 6.07) is 5.84. The molecule has 0 unspecified atom stereocenters. The van der Waals surface area contributed by atoms with E-state index in [-0.39, 0.29) is 23.3 Å². The molecule has 0 amide bonds. The lowest BCUT2D eigenvalue weighted by Gasteiger charge is -2.39. The number of rotatable bonds is 6. The Labute approximate surface area is 171 Å². The van der Waals surface area contributed by atoms with Gasteiger partial charge in [-0.05, 0) is 32.0 Å². The van der Waals surface area contributed by atoms with Crippen molar-refractivity contribution in [3.8, 4) is 5.75 Å². The van der Waals surface area contributed by atoms with E-state index in [1.165, 1.54) is 32.0 Å². The Morgan fingerprint density at radius 2 is 1.77 bits per heavy atom. The minimum Gasteiger partial charge on any atom is -0.462 e. The van der Waals surface area contributed by atoms with Gasteiger partial charge in [-0.25, -0.2) is 4.79 Å². The van der Waals surface area contributed by atoms with Gasteiger partial charge in [-0.3, -0.25) is 0 Å². The Bertz CT molecular complexity index is 931. The van der Waals surface area contributed by atoms with Crippen molar-refractivity contribution in [1.82, 2.24) is 0 Å². The summed E-state index contributed by atoms with van der Waals surface area (Å²) in [5.74, 6) is 0.0597. The van der Waals surface area contributed by atoms with Crippen molar-refractivity contribution in [3.63, 3.8) is 0 Å². The van der Waals surface area contributed by atoms with Crippen LogP contribution in [0.25, 0.3) is 11.0 Å². The minimum absolute atomic E-state index is 0.0597. The van der Waals surface area contributed by atoms with Gasteiger partial charge >= 0.3 is 5.63 Å². The third kappa shape index (κ3) is 4.49. The molecule has 1 saturated heterocycles. The van der Waals surface area contributed by atoms with E-state index in [4.69, 9.17) is 13.9 Å². The molecular formula is C20H26O10. The highest BCUT2D eigenvalue weighted by Crippen LogP contribution is 2.33. The van der Waals surface area contributed by atoms with Crippen LogP contribution in [-0.2, 0) is 11.2 Å². The van der Waals surface area contributed by atoms with Gasteiger partial charge in [0.05, 0.1) is 18.3 Å². The molecule has 1 fully saturated rings. The first kappa shape index (κ1) is 22.6. The van der Waals surface area contributed by atoms with Crippen molar-refractivity contribution in [3.05, 3.63) is 40.2 Å². The third-order valence-electron chi connectivity index (χ3n) is 5.15. The van der Waals surface area contributed by atoms with E-state index in [0.29, 0.717) is 5.39 Å². The number of fused-ring (bicyclic) bond motifs is 1. The smallest absolute Gasteiger partial charge is 0.336 e. The lowest BCUT2D eigenvalue weighted by atomic mass is 9.93. The SMILES string of the molecule is CC(C)(O)[C@@H](O)Cc1c(O[C@@H]2O[C@H](CO)[C@@H](O)[C@H](O)[C@H]2O)ccc2ccc(=O)oc12. The number of hydrogen-bond acceptors (Lipinski definition) is 10. The average molecular weight is 426 g/mol. The summed E-state index contributed by atoms with van der Waals surface area (Å²) < 4.78 is 16.3. The van der Waals surface area contributed by atoms with Gasteiger partial charge < -0.3 is 44.5 Å². The van der Waals surface area contributed by atoms with Gasteiger partial charge in [-0.2, -0.15) is 0 Å². The van der Waals surface area contributed by atoms with Crippen molar-refractivity contribution in [2.45, 2.75) is 62.7 Å². The summed E-state index contributed by atoms with van der Waals surface area (Å²) >= 11 is 0. The summed E-state index contributed by atoms with van der Waals surface area (Å²) in [5.41, 5.74) is -1.76. The van der Waals surface area contributed by atoms with Gasteiger partial charge in [-0.15, -0.1) is 0 Å². The first-order chi connectivity index (χ1) is 14.0. The number of aliphatic hydroxyl groups excluding tert-OH is 5. The van der Waals surface area contributed by atoms with Crippen LogP contribution in [0.5, 0.6) is 5.75 Å². The average Bonchev–Trinajstić information content (AvgIpc) is 2.69. The molecule has 0 aliphatic carbocycles. The van der Waals surface area contributed by atoms with Gasteiger partial charge in [0.15, 0.2) is 0 Å². The quantitative estimate of drug-likeness (QED) is 0.303. The lowest BCUT2D eigenvalue weighted by molar-refractivity contribution is -0.277. The predicted molar refractivity (Wildman–Crippen MR) is 103 cm³/mol. The van der Waals surface area contributed by atoms with Crippen LogP contribution >= 0.6 is 0 Å².